The minimum Gasteiger partial charge on any atom is -0.461 e. The third-order valence-corrected chi connectivity index (χ3v) is 5.42. The Morgan fingerprint density at radius 3 is 2.69 bits per heavy atom. The van der Waals surface area contributed by atoms with Crippen molar-refractivity contribution >= 4 is 28.6 Å². The summed E-state index contributed by atoms with van der Waals surface area (Å²) >= 11 is 1.44. The summed E-state index contributed by atoms with van der Waals surface area (Å²) in [6.45, 7) is 8.01. The van der Waals surface area contributed by atoms with Crippen molar-refractivity contribution in [3.8, 4) is 11.6 Å². The maximum absolute atomic E-state index is 12.6. The molecular weight excluding hydrogens is 346 g/mol. The van der Waals surface area contributed by atoms with Crippen LogP contribution in [0.4, 0.5) is 0 Å². The van der Waals surface area contributed by atoms with Gasteiger partial charge in [-0.2, -0.15) is 0 Å². The Morgan fingerprint density at radius 2 is 2.00 bits per heavy atom. The lowest BCUT2D eigenvalue weighted by atomic mass is 10.0. The molecule has 0 radical (unpaired) electrons. The van der Waals surface area contributed by atoms with Crippen LogP contribution in [-0.2, 0) is 4.79 Å². The SMILES string of the molecule is CCC(C)(C)NC(=O)C(C)Sc1nc(-c2ccco2)nc2ccccc12. The second-order valence-corrected chi connectivity index (χ2v) is 8.16. The number of nitrogens with zero attached hydrogens (tertiary/aromatic N) is 2. The molecule has 0 aliphatic carbocycles. The van der Waals surface area contributed by atoms with Crippen LogP contribution in [-0.4, -0.2) is 26.7 Å². The molecule has 2 aromatic heterocycles. The number of furan rings is 1. The van der Waals surface area contributed by atoms with Gasteiger partial charge in [0.25, 0.3) is 0 Å². The topological polar surface area (TPSA) is 68.0 Å². The number of para-hydroxylation sites is 1. The minimum absolute atomic E-state index is 0.00379. The van der Waals surface area contributed by atoms with E-state index in [1.165, 1.54) is 11.8 Å². The van der Waals surface area contributed by atoms with Gasteiger partial charge in [-0.25, -0.2) is 9.97 Å². The highest BCUT2D eigenvalue weighted by Crippen LogP contribution is 2.31. The Bertz CT molecular complexity index is 907. The fraction of sp³-hybridized carbons (Fsp3) is 0.350. The molecular formula is C20H23N3O2S. The number of rotatable bonds is 6. The Balaban J connectivity index is 1.92. The van der Waals surface area contributed by atoms with Crippen LogP contribution in [0, 0.1) is 0 Å². The molecule has 0 aliphatic heterocycles. The van der Waals surface area contributed by atoms with E-state index in [9.17, 15) is 4.79 Å². The van der Waals surface area contributed by atoms with E-state index in [0.29, 0.717) is 11.6 Å². The van der Waals surface area contributed by atoms with Gasteiger partial charge in [0.05, 0.1) is 17.0 Å². The fourth-order valence-electron chi connectivity index (χ4n) is 2.40. The second-order valence-electron chi connectivity index (χ2n) is 6.83. The average molecular weight is 369 g/mol. The van der Waals surface area contributed by atoms with E-state index in [1.54, 1.807) is 6.26 Å². The summed E-state index contributed by atoms with van der Waals surface area (Å²) in [5, 5.41) is 4.53. The quantitative estimate of drug-likeness (QED) is 0.505. The third kappa shape index (κ3) is 4.07. The van der Waals surface area contributed by atoms with Crippen LogP contribution >= 0.6 is 11.8 Å². The maximum Gasteiger partial charge on any atom is 0.233 e. The molecule has 0 aliphatic rings. The predicted octanol–water partition coefficient (Wildman–Crippen LogP) is 4.68. The van der Waals surface area contributed by atoms with Crippen molar-refractivity contribution in [1.82, 2.24) is 15.3 Å². The Morgan fingerprint density at radius 1 is 1.23 bits per heavy atom. The Hall–Kier alpha value is -2.34. The number of hydrogen-bond donors (Lipinski definition) is 1. The van der Waals surface area contributed by atoms with E-state index in [1.807, 2.05) is 57.2 Å². The molecule has 26 heavy (non-hydrogen) atoms. The van der Waals surface area contributed by atoms with Crippen molar-refractivity contribution in [2.24, 2.45) is 0 Å². The number of aromatic nitrogens is 2. The van der Waals surface area contributed by atoms with Gasteiger partial charge in [-0.15, -0.1) is 0 Å². The van der Waals surface area contributed by atoms with Gasteiger partial charge in [-0.1, -0.05) is 36.9 Å². The molecule has 0 bridgehead atoms. The number of carbonyl (C=O) groups excluding carboxylic acids is 1. The first-order chi connectivity index (χ1) is 12.4. The Labute approximate surface area is 157 Å². The van der Waals surface area contributed by atoms with E-state index in [4.69, 9.17) is 4.42 Å². The van der Waals surface area contributed by atoms with Crippen LogP contribution in [0.5, 0.6) is 0 Å². The Kier molecular flexibility index (Phi) is 5.32. The number of fused-ring (bicyclic) bond motifs is 1. The van der Waals surface area contributed by atoms with Gasteiger partial charge in [0, 0.05) is 10.9 Å². The van der Waals surface area contributed by atoms with Crippen molar-refractivity contribution in [3.05, 3.63) is 42.7 Å². The standard InChI is InChI=1S/C20H23N3O2S/c1-5-20(3,4)23-18(24)13(2)26-19-14-9-6-7-10-15(14)21-17(22-19)16-11-8-12-25-16/h6-13H,5H2,1-4H3,(H,23,24). The van der Waals surface area contributed by atoms with Crippen molar-refractivity contribution in [1.29, 1.82) is 0 Å². The van der Waals surface area contributed by atoms with Crippen molar-refractivity contribution in [2.75, 3.05) is 0 Å². The van der Waals surface area contributed by atoms with Gasteiger partial charge in [0.1, 0.15) is 5.03 Å². The molecule has 3 rings (SSSR count). The van der Waals surface area contributed by atoms with E-state index < -0.39 is 0 Å². The fourth-order valence-corrected chi connectivity index (χ4v) is 3.34. The summed E-state index contributed by atoms with van der Waals surface area (Å²) in [5.74, 6) is 1.14. The van der Waals surface area contributed by atoms with Gasteiger partial charge in [-0.05, 0) is 45.4 Å². The highest BCUT2D eigenvalue weighted by atomic mass is 32.2. The van der Waals surface area contributed by atoms with Crippen LogP contribution in [0.1, 0.15) is 34.1 Å². The molecule has 5 nitrogen and oxygen atoms in total. The van der Waals surface area contributed by atoms with Crippen LogP contribution in [0.3, 0.4) is 0 Å². The van der Waals surface area contributed by atoms with Gasteiger partial charge in [-0.3, -0.25) is 4.79 Å². The first-order valence-electron chi connectivity index (χ1n) is 8.69. The molecule has 136 valence electrons. The van der Waals surface area contributed by atoms with Crippen molar-refractivity contribution < 1.29 is 9.21 Å². The van der Waals surface area contributed by atoms with E-state index in [0.717, 1.165) is 22.3 Å². The van der Waals surface area contributed by atoms with Gasteiger partial charge >= 0.3 is 0 Å². The van der Waals surface area contributed by atoms with Crippen LogP contribution in [0.2, 0.25) is 0 Å². The zero-order valence-corrected chi connectivity index (χ0v) is 16.3. The summed E-state index contributed by atoms with van der Waals surface area (Å²) < 4.78 is 5.44. The van der Waals surface area contributed by atoms with Crippen molar-refractivity contribution in [2.45, 2.75) is 49.9 Å². The summed E-state index contributed by atoms with van der Waals surface area (Å²) in [5.41, 5.74) is 0.608. The molecule has 1 atom stereocenters. The normalized spacial score (nSPS) is 12.9. The number of thioether (sulfide) groups is 1. The smallest absolute Gasteiger partial charge is 0.233 e. The number of amides is 1. The molecule has 1 N–H and O–H groups in total. The molecule has 3 aromatic rings. The highest BCUT2D eigenvalue weighted by molar-refractivity contribution is 8.00. The zero-order chi connectivity index (χ0) is 18.7. The first kappa shape index (κ1) is 18.5. The molecule has 1 aromatic carbocycles. The monoisotopic (exact) mass is 369 g/mol. The minimum atomic E-state index is -0.274. The molecule has 2 heterocycles. The largest absolute Gasteiger partial charge is 0.461 e. The van der Waals surface area contributed by atoms with Crippen LogP contribution in [0.25, 0.3) is 22.5 Å². The molecule has 1 amide bonds. The summed E-state index contributed by atoms with van der Waals surface area (Å²) in [7, 11) is 0. The number of nitrogens with one attached hydrogen (secondary N) is 1. The van der Waals surface area contributed by atoms with Gasteiger partial charge in [0.15, 0.2) is 11.6 Å². The van der Waals surface area contributed by atoms with Gasteiger partial charge < -0.3 is 9.73 Å². The summed E-state index contributed by atoms with van der Waals surface area (Å²) in [6, 6.07) is 11.5. The third-order valence-electron chi connectivity index (χ3n) is 4.31. The number of hydrogen-bond acceptors (Lipinski definition) is 5. The molecule has 0 spiro atoms. The maximum atomic E-state index is 12.6. The first-order valence-corrected chi connectivity index (χ1v) is 9.57. The number of carbonyl (C=O) groups is 1. The molecule has 6 heteroatoms. The second kappa shape index (κ2) is 7.50. The predicted molar refractivity (Wildman–Crippen MR) is 105 cm³/mol. The van der Waals surface area contributed by atoms with Crippen molar-refractivity contribution in [3.63, 3.8) is 0 Å². The van der Waals surface area contributed by atoms with Crippen LogP contribution in [0.15, 0.2) is 52.1 Å². The molecule has 1 unspecified atom stereocenters. The van der Waals surface area contributed by atoms with E-state index in [2.05, 4.69) is 22.2 Å². The zero-order valence-electron chi connectivity index (χ0n) is 15.4. The number of benzene rings is 1. The summed E-state index contributed by atoms with van der Waals surface area (Å²) in [4.78, 5) is 21.8. The summed E-state index contributed by atoms with van der Waals surface area (Å²) in [6.07, 6.45) is 2.47. The van der Waals surface area contributed by atoms with Crippen LogP contribution < -0.4 is 5.32 Å². The average Bonchev–Trinajstić information content (AvgIpc) is 3.16. The lowest BCUT2D eigenvalue weighted by Gasteiger charge is -2.26. The van der Waals surface area contributed by atoms with E-state index in [-0.39, 0.29) is 16.7 Å². The highest BCUT2D eigenvalue weighted by Gasteiger charge is 2.24. The lowest BCUT2D eigenvalue weighted by molar-refractivity contribution is -0.121. The van der Waals surface area contributed by atoms with E-state index >= 15 is 0 Å². The van der Waals surface area contributed by atoms with Gasteiger partial charge in [0.2, 0.25) is 5.91 Å². The molecule has 0 fully saturated rings. The molecule has 0 saturated heterocycles. The molecule has 0 saturated carbocycles. The lowest BCUT2D eigenvalue weighted by Crippen LogP contribution is -2.46.